The van der Waals surface area contributed by atoms with E-state index in [0.29, 0.717) is 5.57 Å². The topological polar surface area (TPSA) is 97.4 Å². The summed E-state index contributed by atoms with van der Waals surface area (Å²) in [6.45, 7) is 0. The van der Waals surface area contributed by atoms with Crippen molar-refractivity contribution >= 4 is 15.9 Å². The van der Waals surface area contributed by atoms with Crippen LogP contribution in [0, 0.1) is 39.4 Å². The van der Waals surface area contributed by atoms with Crippen molar-refractivity contribution in [2.24, 2.45) is 11.1 Å². The van der Waals surface area contributed by atoms with Crippen LogP contribution < -0.4 is 5.73 Å². The molecule has 2 aliphatic rings. The number of nitrogens with two attached hydrogens (primary N) is 1. The van der Waals surface area contributed by atoms with Crippen LogP contribution in [-0.2, 0) is 0 Å². The minimum Gasteiger partial charge on any atom is -0.399 e. The lowest BCUT2D eigenvalue weighted by Gasteiger charge is -2.39. The number of halogens is 1. The molecule has 0 saturated heterocycles. The van der Waals surface area contributed by atoms with Crippen LogP contribution in [0.15, 0.2) is 51.2 Å². The Morgan fingerprint density at radius 2 is 1.83 bits per heavy atom. The molecule has 1 atom stereocenters. The molecule has 1 aromatic carbocycles. The third-order valence-electron chi connectivity index (χ3n) is 4.93. The molecule has 2 aliphatic carbocycles. The molecule has 0 heterocycles. The Bertz CT molecular complexity index is 875. The van der Waals surface area contributed by atoms with E-state index >= 15 is 0 Å². The largest absolute Gasteiger partial charge is 0.399 e. The molecule has 0 fully saturated rings. The highest BCUT2D eigenvalue weighted by molar-refractivity contribution is 9.10. The van der Waals surface area contributed by atoms with Crippen molar-refractivity contribution in [3.8, 4) is 18.2 Å². The summed E-state index contributed by atoms with van der Waals surface area (Å²) >= 11 is 3.46. The Balaban J connectivity index is 2.35. The Labute approximate surface area is 149 Å². The highest BCUT2D eigenvalue weighted by Crippen LogP contribution is 2.54. The number of nitriles is 3. The molecule has 3 rings (SSSR count). The third kappa shape index (κ3) is 2.23. The smallest absolute Gasteiger partial charge is 0.194 e. The molecule has 0 aliphatic heterocycles. The van der Waals surface area contributed by atoms with Gasteiger partial charge in [0.15, 0.2) is 5.41 Å². The van der Waals surface area contributed by atoms with Crippen LogP contribution in [0.25, 0.3) is 0 Å². The van der Waals surface area contributed by atoms with Gasteiger partial charge in [-0.15, -0.1) is 0 Å². The summed E-state index contributed by atoms with van der Waals surface area (Å²) in [4.78, 5) is 0. The van der Waals surface area contributed by atoms with Gasteiger partial charge >= 0.3 is 0 Å². The first-order valence-corrected chi connectivity index (χ1v) is 8.59. The summed E-state index contributed by atoms with van der Waals surface area (Å²) < 4.78 is 0.886. The molecule has 0 bridgehead atoms. The van der Waals surface area contributed by atoms with Crippen molar-refractivity contribution in [1.29, 1.82) is 15.8 Å². The van der Waals surface area contributed by atoms with E-state index in [1.807, 2.05) is 24.3 Å². The Hall–Kier alpha value is -2.55. The lowest BCUT2D eigenvalue weighted by Crippen LogP contribution is -2.38. The molecule has 0 spiro atoms. The number of benzene rings is 1. The zero-order valence-electron chi connectivity index (χ0n) is 13.0. The van der Waals surface area contributed by atoms with Crippen molar-refractivity contribution in [2.45, 2.75) is 31.6 Å². The molecule has 0 amide bonds. The molecule has 118 valence electrons. The van der Waals surface area contributed by atoms with Crippen molar-refractivity contribution < 1.29 is 0 Å². The molecule has 1 aromatic rings. The van der Waals surface area contributed by atoms with E-state index in [4.69, 9.17) is 5.73 Å². The minimum atomic E-state index is -1.54. The van der Waals surface area contributed by atoms with Crippen LogP contribution in [0.3, 0.4) is 0 Å². The molecular weight excluding hydrogens is 364 g/mol. The maximum Gasteiger partial charge on any atom is 0.194 e. The van der Waals surface area contributed by atoms with Gasteiger partial charge in [-0.05, 0) is 49.0 Å². The minimum absolute atomic E-state index is 0.0978. The average Bonchev–Trinajstić information content (AvgIpc) is 2.61. The third-order valence-corrected chi connectivity index (χ3v) is 5.43. The molecule has 0 saturated carbocycles. The van der Waals surface area contributed by atoms with Crippen molar-refractivity contribution in [3.63, 3.8) is 0 Å². The highest BCUT2D eigenvalue weighted by Gasteiger charge is 2.50. The maximum atomic E-state index is 9.89. The van der Waals surface area contributed by atoms with Crippen LogP contribution in [0.4, 0.5) is 0 Å². The van der Waals surface area contributed by atoms with E-state index < -0.39 is 11.3 Å². The Morgan fingerprint density at radius 1 is 1.12 bits per heavy atom. The van der Waals surface area contributed by atoms with Gasteiger partial charge in [-0.2, -0.15) is 15.8 Å². The maximum absolute atomic E-state index is 9.89. The highest BCUT2D eigenvalue weighted by atomic mass is 79.9. The van der Waals surface area contributed by atoms with Gasteiger partial charge in [0.25, 0.3) is 0 Å². The van der Waals surface area contributed by atoms with Gasteiger partial charge < -0.3 is 5.73 Å². The van der Waals surface area contributed by atoms with Crippen LogP contribution in [0.2, 0.25) is 0 Å². The SMILES string of the molecule is N#CC1=C(N)C(C#N)(C#N)C(c2cccc(Br)c2)C2=C1CCCC2. The fraction of sp³-hybridized carbons (Fsp3) is 0.316. The normalized spacial score (nSPS) is 22.2. The number of hydrogen-bond donors (Lipinski definition) is 1. The second-order valence-corrected chi connectivity index (χ2v) is 7.05. The van der Waals surface area contributed by atoms with Crippen molar-refractivity contribution in [1.82, 2.24) is 0 Å². The van der Waals surface area contributed by atoms with E-state index in [2.05, 4.69) is 34.1 Å². The van der Waals surface area contributed by atoms with E-state index in [1.165, 1.54) is 0 Å². The van der Waals surface area contributed by atoms with Gasteiger partial charge in [0.2, 0.25) is 0 Å². The second-order valence-electron chi connectivity index (χ2n) is 6.13. The lowest BCUT2D eigenvalue weighted by molar-refractivity contribution is 0.468. The molecular formula is C19H15BrN4. The van der Waals surface area contributed by atoms with Crippen LogP contribution >= 0.6 is 15.9 Å². The van der Waals surface area contributed by atoms with Gasteiger partial charge in [-0.3, -0.25) is 0 Å². The number of rotatable bonds is 1. The first-order chi connectivity index (χ1) is 11.6. The molecule has 1 unspecified atom stereocenters. The van der Waals surface area contributed by atoms with Gasteiger partial charge in [-0.25, -0.2) is 0 Å². The summed E-state index contributed by atoms with van der Waals surface area (Å²) in [5.41, 5.74) is 7.95. The first-order valence-electron chi connectivity index (χ1n) is 7.79. The molecule has 4 nitrogen and oxygen atoms in total. The van der Waals surface area contributed by atoms with Gasteiger partial charge in [0.1, 0.15) is 6.07 Å². The van der Waals surface area contributed by atoms with E-state index in [9.17, 15) is 15.8 Å². The molecule has 24 heavy (non-hydrogen) atoms. The first kappa shape index (κ1) is 16.3. The zero-order chi connectivity index (χ0) is 17.3. The molecule has 5 heteroatoms. The Kier molecular flexibility index (Phi) is 4.18. The van der Waals surface area contributed by atoms with E-state index in [0.717, 1.165) is 46.9 Å². The number of nitrogens with zero attached hydrogens (tertiary/aromatic N) is 3. The number of allylic oxidation sites excluding steroid dienone is 4. The standard InChI is InChI=1S/C19H15BrN4/c20-13-5-3-4-12(8-13)17-15-7-2-1-6-14(15)16(9-21)18(24)19(17,10-22)11-23/h3-5,8,17H,1-2,6-7,24H2. The fourth-order valence-corrected chi connectivity index (χ4v) is 4.27. The Morgan fingerprint density at radius 3 is 2.46 bits per heavy atom. The predicted octanol–water partition coefficient (Wildman–Crippen LogP) is 4.19. The van der Waals surface area contributed by atoms with Crippen molar-refractivity contribution in [2.75, 3.05) is 0 Å². The summed E-state index contributed by atoms with van der Waals surface area (Å²) in [6, 6.07) is 14.1. The second kappa shape index (κ2) is 6.16. The van der Waals surface area contributed by atoms with E-state index in [-0.39, 0.29) is 5.70 Å². The van der Waals surface area contributed by atoms with Gasteiger partial charge in [-0.1, -0.05) is 33.6 Å². The quantitative estimate of drug-likeness (QED) is 0.791. The van der Waals surface area contributed by atoms with Crippen LogP contribution in [0.5, 0.6) is 0 Å². The monoisotopic (exact) mass is 378 g/mol. The molecule has 2 N–H and O–H groups in total. The zero-order valence-corrected chi connectivity index (χ0v) is 14.6. The van der Waals surface area contributed by atoms with Gasteiger partial charge in [0.05, 0.1) is 23.4 Å². The predicted molar refractivity (Wildman–Crippen MR) is 92.9 cm³/mol. The van der Waals surface area contributed by atoms with E-state index in [1.54, 1.807) is 0 Å². The summed E-state index contributed by atoms with van der Waals surface area (Å²) in [6.07, 6.45) is 3.55. The molecule has 0 radical (unpaired) electrons. The molecule has 0 aromatic heterocycles. The van der Waals surface area contributed by atoms with Crippen molar-refractivity contribution in [3.05, 3.63) is 56.7 Å². The lowest BCUT2D eigenvalue weighted by atomic mass is 9.60. The van der Waals surface area contributed by atoms with Gasteiger partial charge in [0, 0.05) is 10.4 Å². The average molecular weight is 379 g/mol. The number of hydrogen-bond acceptors (Lipinski definition) is 4. The van der Waals surface area contributed by atoms with Crippen LogP contribution in [0.1, 0.15) is 37.2 Å². The summed E-state index contributed by atoms with van der Waals surface area (Å²) in [5.74, 6) is -0.433. The van der Waals surface area contributed by atoms with Crippen LogP contribution in [-0.4, -0.2) is 0 Å². The summed E-state index contributed by atoms with van der Waals surface area (Å²) in [5, 5.41) is 29.3. The summed E-state index contributed by atoms with van der Waals surface area (Å²) in [7, 11) is 0. The fourth-order valence-electron chi connectivity index (χ4n) is 3.85.